The lowest BCUT2D eigenvalue weighted by Crippen LogP contribution is -2.17. The summed E-state index contributed by atoms with van der Waals surface area (Å²) in [6.45, 7) is 0.250. The number of benzene rings is 1. The zero-order valence-corrected chi connectivity index (χ0v) is 7.21. The van der Waals surface area contributed by atoms with Gasteiger partial charge in [-0.2, -0.15) is 5.26 Å². The van der Waals surface area contributed by atoms with E-state index in [0.717, 1.165) is 12.1 Å². The van der Waals surface area contributed by atoms with Crippen molar-refractivity contribution in [3.05, 3.63) is 29.1 Å². The minimum absolute atomic E-state index is 0.0460. The van der Waals surface area contributed by atoms with Gasteiger partial charge in [-0.3, -0.25) is 4.79 Å². The highest BCUT2D eigenvalue weighted by atomic mass is 19.1. The van der Waals surface area contributed by atoms with Gasteiger partial charge in [0.15, 0.2) is 5.78 Å². The lowest BCUT2D eigenvalue weighted by Gasteiger charge is -2.16. The Bertz CT molecular complexity index is 448. The van der Waals surface area contributed by atoms with Gasteiger partial charge in [0.2, 0.25) is 0 Å². The third kappa shape index (κ3) is 1.23. The lowest BCUT2D eigenvalue weighted by molar-refractivity contribution is 0.0933. The van der Waals surface area contributed by atoms with Gasteiger partial charge in [-0.15, -0.1) is 0 Å². The number of carbonyl (C=O) groups is 1. The van der Waals surface area contributed by atoms with E-state index in [1.807, 2.05) is 0 Å². The molecule has 0 amide bonds. The van der Waals surface area contributed by atoms with E-state index in [4.69, 9.17) is 10.00 Å². The van der Waals surface area contributed by atoms with Crippen molar-refractivity contribution in [2.45, 2.75) is 6.42 Å². The van der Waals surface area contributed by atoms with Crippen LogP contribution in [0.5, 0.6) is 5.75 Å². The van der Waals surface area contributed by atoms with E-state index in [-0.39, 0.29) is 35.7 Å². The van der Waals surface area contributed by atoms with Gasteiger partial charge in [0.25, 0.3) is 0 Å². The lowest BCUT2D eigenvalue weighted by atomic mass is 9.99. The molecule has 1 heterocycles. The molecule has 0 saturated carbocycles. The summed E-state index contributed by atoms with van der Waals surface area (Å²) in [6.07, 6.45) is 0.243. The van der Waals surface area contributed by atoms with Crippen LogP contribution in [0.2, 0.25) is 0 Å². The molecule has 1 aromatic carbocycles. The standard InChI is InChI=1S/C10H6FNO2/c11-7-3-6(5-12)10-8(13)1-2-14-9(10)4-7/h3-4H,1-2H2. The number of halogens is 1. The van der Waals surface area contributed by atoms with Crippen molar-refractivity contribution >= 4 is 5.78 Å². The fraction of sp³-hybridized carbons (Fsp3) is 0.200. The number of carbonyl (C=O) groups excluding carboxylic acids is 1. The Morgan fingerprint density at radius 2 is 2.29 bits per heavy atom. The molecule has 0 unspecified atom stereocenters. The van der Waals surface area contributed by atoms with Crippen LogP contribution in [0.15, 0.2) is 12.1 Å². The Morgan fingerprint density at radius 3 is 3.00 bits per heavy atom. The number of nitrogens with zero attached hydrogens (tertiary/aromatic N) is 1. The Morgan fingerprint density at radius 1 is 1.50 bits per heavy atom. The van der Waals surface area contributed by atoms with Crippen molar-refractivity contribution in [1.29, 1.82) is 5.26 Å². The summed E-state index contributed by atoms with van der Waals surface area (Å²) in [7, 11) is 0. The predicted octanol–water partition coefficient (Wildman–Crippen LogP) is 1.66. The van der Waals surface area contributed by atoms with Crippen molar-refractivity contribution in [2.24, 2.45) is 0 Å². The van der Waals surface area contributed by atoms with Crippen LogP contribution in [-0.4, -0.2) is 12.4 Å². The molecule has 14 heavy (non-hydrogen) atoms. The number of nitriles is 1. The third-order valence-corrected chi connectivity index (χ3v) is 2.05. The molecule has 0 aromatic heterocycles. The highest BCUT2D eigenvalue weighted by Crippen LogP contribution is 2.28. The topological polar surface area (TPSA) is 50.1 Å². The summed E-state index contributed by atoms with van der Waals surface area (Å²) in [5.41, 5.74) is 0.254. The van der Waals surface area contributed by atoms with Gasteiger partial charge in [-0.05, 0) is 6.07 Å². The van der Waals surface area contributed by atoms with Crippen molar-refractivity contribution in [3.63, 3.8) is 0 Å². The monoisotopic (exact) mass is 191 g/mol. The SMILES string of the molecule is N#Cc1cc(F)cc2c1C(=O)CCO2. The minimum Gasteiger partial charge on any atom is -0.492 e. The van der Waals surface area contributed by atoms with Gasteiger partial charge in [0.05, 0.1) is 17.7 Å². The van der Waals surface area contributed by atoms with E-state index in [9.17, 15) is 9.18 Å². The van der Waals surface area contributed by atoms with Crippen LogP contribution >= 0.6 is 0 Å². The first-order valence-corrected chi connectivity index (χ1v) is 4.12. The maximum atomic E-state index is 12.9. The molecule has 0 aliphatic carbocycles. The van der Waals surface area contributed by atoms with Crippen LogP contribution in [0.1, 0.15) is 22.3 Å². The van der Waals surface area contributed by atoms with Crippen molar-refractivity contribution in [2.75, 3.05) is 6.61 Å². The van der Waals surface area contributed by atoms with Gasteiger partial charge < -0.3 is 4.74 Å². The molecule has 0 spiro atoms. The summed E-state index contributed by atoms with van der Waals surface area (Å²) in [5.74, 6) is -0.546. The van der Waals surface area contributed by atoms with Crippen molar-refractivity contribution in [1.82, 2.24) is 0 Å². The second-order valence-corrected chi connectivity index (χ2v) is 2.96. The number of ether oxygens (including phenoxy) is 1. The molecule has 1 aromatic rings. The van der Waals surface area contributed by atoms with E-state index < -0.39 is 5.82 Å². The van der Waals surface area contributed by atoms with E-state index in [1.165, 1.54) is 0 Å². The second kappa shape index (κ2) is 3.11. The van der Waals surface area contributed by atoms with E-state index in [1.54, 1.807) is 6.07 Å². The van der Waals surface area contributed by atoms with Gasteiger partial charge in [-0.25, -0.2) is 4.39 Å². The number of hydrogen-bond donors (Lipinski definition) is 0. The van der Waals surface area contributed by atoms with Gasteiger partial charge in [-0.1, -0.05) is 0 Å². The number of hydrogen-bond acceptors (Lipinski definition) is 3. The normalized spacial score (nSPS) is 14.1. The smallest absolute Gasteiger partial charge is 0.171 e. The zero-order valence-electron chi connectivity index (χ0n) is 7.21. The fourth-order valence-corrected chi connectivity index (χ4v) is 1.45. The number of Topliss-reactive ketones (excluding diaryl/α,β-unsaturated/α-hetero) is 1. The minimum atomic E-state index is -0.560. The maximum Gasteiger partial charge on any atom is 0.171 e. The molecule has 1 aliphatic heterocycles. The highest BCUT2D eigenvalue weighted by Gasteiger charge is 2.23. The molecule has 1 aliphatic rings. The average Bonchev–Trinajstić information content (AvgIpc) is 2.16. The largest absolute Gasteiger partial charge is 0.492 e. The van der Waals surface area contributed by atoms with E-state index in [2.05, 4.69) is 0 Å². The average molecular weight is 191 g/mol. The summed E-state index contributed by atoms with van der Waals surface area (Å²) in [6, 6.07) is 3.96. The summed E-state index contributed by atoms with van der Waals surface area (Å²) >= 11 is 0. The molecule has 2 rings (SSSR count). The molecule has 0 atom stereocenters. The quantitative estimate of drug-likeness (QED) is 0.626. The van der Waals surface area contributed by atoms with E-state index in [0.29, 0.717) is 0 Å². The molecule has 0 radical (unpaired) electrons. The van der Waals surface area contributed by atoms with Crippen LogP contribution in [0.4, 0.5) is 4.39 Å². The van der Waals surface area contributed by atoms with Crippen LogP contribution in [0, 0.1) is 17.1 Å². The third-order valence-electron chi connectivity index (χ3n) is 2.05. The summed E-state index contributed by atoms with van der Waals surface area (Å²) < 4.78 is 18.0. The van der Waals surface area contributed by atoms with Gasteiger partial charge in [0.1, 0.15) is 17.6 Å². The molecule has 0 bridgehead atoms. The Kier molecular flexibility index (Phi) is 1.93. The zero-order chi connectivity index (χ0) is 10.1. The molecule has 0 N–H and O–H groups in total. The first kappa shape index (κ1) is 8.70. The Labute approximate surface area is 79.7 Å². The number of fused-ring (bicyclic) bond motifs is 1. The molecule has 0 saturated heterocycles. The summed E-state index contributed by atoms with van der Waals surface area (Å²) in [4.78, 5) is 11.4. The molecule has 0 fully saturated rings. The van der Waals surface area contributed by atoms with Crippen LogP contribution in [0.25, 0.3) is 0 Å². The number of rotatable bonds is 0. The van der Waals surface area contributed by atoms with Crippen molar-refractivity contribution < 1.29 is 13.9 Å². The molecule has 4 heteroatoms. The van der Waals surface area contributed by atoms with E-state index >= 15 is 0 Å². The molecular weight excluding hydrogens is 185 g/mol. The molecule has 70 valence electrons. The predicted molar refractivity (Wildman–Crippen MR) is 45.6 cm³/mol. The van der Waals surface area contributed by atoms with Gasteiger partial charge >= 0.3 is 0 Å². The first-order valence-electron chi connectivity index (χ1n) is 4.12. The highest BCUT2D eigenvalue weighted by molar-refractivity contribution is 6.01. The van der Waals surface area contributed by atoms with Crippen molar-refractivity contribution in [3.8, 4) is 11.8 Å². The maximum absolute atomic E-state index is 12.9. The first-order chi connectivity index (χ1) is 6.72. The second-order valence-electron chi connectivity index (χ2n) is 2.96. The summed E-state index contributed by atoms with van der Waals surface area (Å²) in [5, 5.41) is 8.71. The molecule has 3 nitrogen and oxygen atoms in total. The fourth-order valence-electron chi connectivity index (χ4n) is 1.45. The Balaban J connectivity index is 2.69. The number of ketones is 1. The molecular formula is C10H6FNO2. The van der Waals surface area contributed by atoms with Gasteiger partial charge in [0, 0.05) is 12.5 Å². The van der Waals surface area contributed by atoms with Crippen LogP contribution < -0.4 is 4.74 Å². The van der Waals surface area contributed by atoms with Crippen LogP contribution in [-0.2, 0) is 0 Å². The Hall–Kier alpha value is -1.89. The van der Waals surface area contributed by atoms with Crippen LogP contribution in [0.3, 0.4) is 0 Å².